The van der Waals surface area contributed by atoms with Crippen molar-refractivity contribution in [3.05, 3.63) is 12.2 Å². The van der Waals surface area contributed by atoms with E-state index in [2.05, 4.69) is 13.5 Å². The van der Waals surface area contributed by atoms with Gasteiger partial charge in [0.25, 0.3) is 0 Å². The molecule has 2 heteroatoms. The summed E-state index contributed by atoms with van der Waals surface area (Å²) in [6.45, 7) is 10.3. The largest absolute Gasteiger partial charge is 0.367 e. The predicted molar refractivity (Wildman–Crippen MR) is 61.8 cm³/mol. The molecule has 0 heterocycles. The van der Waals surface area contributed by atoms with Crippen molar-refractivity contribution in [1.29, 1.82) is 0 Å². The second-order valence-electron chi connectivity index (χ2n) is 4.72. The molecule has 86 valence electrons. The summed E-state index contributed by atoms with van der Waals surface area (Å²) in [5.74, 6) is 0.827. The topological polar surface area (TPSA) is 26.3 Å². The van der Waals surface area contributed by atoms with Crippen molar-refractivity contribution >= 4 is 5.78 Å². The van der Waals surface area contributed by atoms with Crippen molar-refractivity contribution in [2.24, 2.45) is 5.92 Å². The highest BCUT2D eigenvalue weighted by Gasteiger charge is 2.41. The van der Waals surface area contributed by atoms with Gasteiger partial charge in [0.15, 0.2) is 5.78 Å². The molecule has 0 radical (unpaired) electrons. The zero-order chi connectivity index (χ0) is 11.5. The molecule has 0 aliphatic heterocycles. The predicted octanol–water partition coefficient (Wildman–Crippen LogP) is 3.12. The van der Waals surface area contributed by atoms with Crippen LogP contribution >= 0.6 is 0 Å². The lowest BCUT2D eigenvalue weighted by molar-refractivity contribution is -0.145. The molecule has 0 amide bonds. The van der Waals surface area contributed by atoms with Crippen molar-refractivity contribution < 1.29 is 9.53 Å². The fraction of sp³-hybridized carbons (Fsp3) is 0.769. The SMILES string of the molecule is C=C(C)C(=O)C1(OCC)CCC(C)CC1. The van der Waals surface area contributed by atoms with E-state index in [-0.39, 0.29) is 5.78 Å². The highest BCUT2D eigenvalue weighted by atomic mass is 16.5. The molecule has 1 saturated carbocycles. The second kappa shape index (κ2) is 4.93. The zero-order valence-corrected chi connectivity index (χ0v) is 10.1. The standard InChI is InChI=1S/C13H22O2/c1-5-15-13(12(14)10(2)3)8-6-11(4)7-9-13/h11H,2,5-9H2,1,3-4H3. The Kier molecular flexibility index (Phi) is 4.09. The van der Waals surface area contributed by atoms with Crippen LogP contribution < -0.4 is 0 Å². The summed E-state index contributed by atoms with van der Waals surface area (Å²) in [7, 11) is 0. The fourth-order valence-corrected chi connectivity index (χ4v) is 2.33. The van der Waals surface area contributed by atoms with Gasteiger partial charge in [0.1, 0.15) is 5.60 Å². The van der Waals surface area contributed by atoms with Crippen molar-refractivity contribution in [3.63, 3.8) is 0 Å². The average molecular weight is 210 g/mol. The number of rotatable bonds is 4. The monoisotopic (exact) mass is 210 g/mol. The van der Waals surface area contributed by atoms with Crippen molar-refractivity contribution in [3.8, 4) is 0 Å². The molecule has 1 fully saturated rings. The highest BCUT2D eigenvalue weighted by Crippen LogP contribution is 2.36. The molecule has 0 saturated heterocycles. The smallest absolute Gasteiger partial charge is 0.189 e. The number of ketones is 1. The molecule has 15 heavy (non-hydrogen) atoms. The van der Waals surface area contributed by atoms with Crippen LogP contribution in [0.25, 0.3) is 0 Å². The van der Waals surface area contributed by atoms with Crippen LogP contribution in [0.2, 0.25) is 0 Å². The molecular formula is C13H22O2. The number of ether oxygens (including phenoxy) is 1. The number of carbonyl (C=O) groups excluding carboxylic acids is 1. The summed E-state index contributed by atoms with van der Waals surface area (Å²) in [6, 6.07) is 0. The van der Waals surface area contributed by atoms with E-state index >= 15 is 0 Å². The van der Waals surface area contributed by atoms with E-state index in [1.807, 2.05) is 6.92 Å². The number of hydrogen-bond donors (Lipinski definition) is 0. The lowest BCUT2D eigenvalue weighted by Gasteiger charge is -2.37. The van der Waals surface area contributed by atoms with Gasteiger partial charge in [0.05, 0.1) is 0 Å². The first kappa shape index (κ1) is 12.4. The Balaban J connectivity index is 2.79. The number of hydrogen-bond acceptors (Lipinski definition) is 2. The summed E-state index contributed by atoms with van der Waals surface area (Å²) < 4.78 is 5.73. The maximum absolute atomic E-state index is 12.1. The molecule has 0 atom stereocenters. The lowest BCUT2D eigenvalue weighted by Crippen LogP contribution is -2.45. The summed E-state index contributed by atoms with van der Waals surface area (Å²) in [5, 5.41) is 0. The molecule has 0 aromatic carbocycles. The molecule has 0 aromatic rings. The minimum absolute atomic E-state index is 0.108. The Bertz CT molecular complexity index is 247. The van der Waals surface area contributed by atoms with Gasteiger partial charge in [0.2, 0.25) is 0 Å². The van der Waals surface area contributed by atoms with E-state index in [9.17, 15) is 4.79 Å². The van der Waals surface area contributed by atoms with E-state index in [1.165, 1.54) is 0 Å². The van der Waals surface area contributed by atoms with Gasteiger partial charge >= 0.3 is 0 Å². The van der Waals surface area contributed by atoms with E-state index in [1.54, 1.807) is 6.92 Å². The van der Waals surface area contributed by atoms with E-state index in [4.69, 9.17) is 4.74 Å². The van der Waals surface area contributed by atoms with Crippen LogP contribution in [0.1, 0.15) is 46.5 Å². The Labute approximate surface area is 92.7 Å². The second-order valence-corrected chi connectivity index (χ2v) is 4.72. The fourth-order valence-electron chi connectivity index (χ4n) is 2.33. The van der Waals surface area contributed by atoms with Crippen LogP contribution in [0.5, 0.6) is 0 Å². The van der Waals surface area contributed by atoms with Gasteiger partial charge in [-0.3, -0.25) is 4.79 Å². The quantitative estimate of drug-likeness (QED) is 0.666. The average Bonchev–Trinajstić information content (AvgIpc) is 2.21. The van der Waals surface area contributed by atoms with Crippen LogP contribution in [0.4, 0.5) is 0 Å². The number of Topliss-reactive ketones (excluding diaryl/α,β-unsaturated/α-hetero) is 1. The van der Waals surface area contributed by atoms with Gasteiger partial charge in [-0.15, -0.1) is 0 Å². The van der Waals surface area contributed by atoms with Crippen LogP contribution in [0.3, 0.4) is 0 Å². The third kappa shape index (κ3) is 2.69. The molecule has 1 rings (SSSR count). The summed E-state index contributed by atoms with van der Waals surface area (Å²) in [4.78, 5) is 12.1. The van der Waals surface area contributed by atoms with Gasteiger partial charge in [-0.05, 0) is 51.0 Å². The van der Waals surface area contributed by atoms with Crippen LogP contribution in [-0.2, 0) is 9.53 Å². The minimum Gasteiger partial charge on any atom is -0.367 e. The van der Waals surface area contributed by atoms with Crippen LogP contribution in [0, 0.1) is 5.92 Å². The maximum Gasteiger partial charge on any atom is 0.189 e. The van der Waals surface area contributed by atoms with Gasteiger partial charge < -0.3 is 4.74 Å². The Morgan fingerprint density at radius 1 is 1.47 bits per heavy atom. The summed E-state index contributed by atoms with van der Waals surface area (Å²) >= 11 is 0. The van der Waals surface area contributed by atoms with E-state index < -0.39 is 5.60 Å². The third-order valence-electron chi connectivity index (χ3n) is 3.30. The zero-order valence-electron chi connectivity index (χ0n) is 10.1. The summed E-state index contributed by atoms with van der Waals surface area (Å²) in [5.41, 5.74) is 0.0746. The molecule has 2 nitrogen and oxygen atoms in total. The summed E-state index contributed by atoms with van der Waals surface area (Å²) in [6.07, 6.45) is 3.87. The first-order valence-electron chi connectivity index (χ1n) is 5.86. The number of carbonyl (C=O) groups is 1. The molecule has 0 aromatic heterocycles. The van der Waals surface area contributed by atoms with Gasteiger partial charge in [0, 0.05) is 6.61 Å². The van der Waals surface area contributed by atoms with Crippen LogP contribution in [0.15, 0.2) is 12.2 Å². The Morgan fingerprint density at radius 2 is 2.00 bits per heavy atom. The molecule has 0 bridgehead atoms. The minimum atomic E-state index is -0.549. The van der Waals surface area contributed by atoms with Gasteiger partial charge in [-0.2, -0.15) is 0 Å². The Hall–Kier alpha value is -0.630. The van der Waals surface area contributed by atoms with Gasteiger partial charge in [-0.1, -0.05) is 13.5 Å². The normalized spacial score (nSPS) is 31.3. The first-order valence-corrected chi connectivity index (χ1v) is 5.86. The third-order valence-corrected chi connectivity index (χ3v) is 3.30. The van der Waals surface area contributed by atoms with E-state index in [0.717, 1.165) is 31.6 Å². The molecule has 1 aliphatic rings. The lowest BCUT2D eigenvalue weighted by atomic mass is 9.75. The van der Waals surface area contributed by atoms with Crippen molar-refractivity contribution in [2.75, 3.05) is 6.61 Å². The first-order chi connectivity index (χ1) is 7.02. The molecule has 0 spiro atoms. The molecular weight excluding hydrogens is 188 g/mol. The highest BCUT2D eigenvalue weighted by molar-refractivity contribution is 6.01. The van der Waals surface area contributed by atoms with Crippen molar-refractivity contribution in [1.82, 2.24) is 0 Å². The maximum atomic E-state index is 12.1. The van der Waals surface area contributed by atoms with Gasteiger partial charge in [-0.25, -0.2) is 0 Å². The molecule has 0 N–H and O–H groups in total. The Morgan fingerprint density at radius 3 is 2.40 bits per heavy atom. The molecule has 0 unspecified atom stereocenters. The van der Waals surface area contributed by atoms with E-state index in [0.29, 0.717) is 12.2 Å². The van der Waals surface area contributed by atoms with Crippen molar-refractivity contribution in [2.45, 2.75) is 52.1 Å². The molecule has 1 aliphatic carbocycles. The van der Waals surface area contributed by atoms with Crippen LogP contribution in [-0.4, -0.2) is 18.0 Å².